The predicted octanol–water partition coefficient (Wildman–Crippen LogP) is 3.98. The Morgan fingerprint density at radius 2 is 1.64 bits per heavy atom. The number of nitrogens with zero attached hydrogens (tertiary/aromatic N) is 2. The molecule has 5 heteroatoms. The van der Waals surface area contributed by atoms with Gasteiger partial charge in [0.15, 0.2) is 0 Å². The highest BCUT2D eigenvalue weighted by Crippen LogP contribution is 2.25. The Labute approximate surface area is 144 Å². The minimum Gasteiger partial charge on any atom is -0.508 e. The average Bonchev–Trinajstić information content (AvgIpc) is 3.07. The van der Waals surface area contributed by atoms with E-state index >= 15 is 0 Å². The molecule has 0 saturated heterocycles. The van der Waals surface area contributed by atoms with E-state index < -0.39 is 0 Å². The van der Waals surface area contributed by atoms with E-state index in [4.69, 9.17) is 0 Å². The second-order valence-corrected chi connectivity index (χ2v) is 5.62. The number of anilines is 1. The first-order valence-corrected chi connectivity index (χ1v) is 7.84. The Balaban J connectivity index is 1.72. The van der Waals surface area contributed by atoms with Crippen molar-refractivity contribution >= 4 is 22.6 Å². The molecule has 25 heavy (non-hydrogen) atoms. The van der Waals surface area contributed by atoms with Crippen molar-refractivity contribution in [3.8, 4) is 11.4 Å². The number of carbonyl (C=O) groups excluding carboxylic acids is 1. The van der Waals surface area contributed by atoms with E-state index in [1.165, 1.54) is 12.1 Å². The lowest BCUT2D eigenvalue weighted by Crippen LogP contribution is -2.13. The van der Waals surface area contributed by atoms with Crippen LogP contribution in [-0.2, 0) is 0 Å². The topological polar surface area (TPSA) is 67.2 Å². The van der Waals surface area contributed by atoms with Gasteiger partial charge in [-0.25, -0.2) is 4.98 Å². The van der Waals surface area contributed by atoms with E-state index in [1.54, 1.807) is 18.5 Å². The summed E-state index contributed by atoms with van der Waals surface area (Å²) in [5, 5.41) is 12.3. The number of nitrogens with one attached hydrogen (secondary N) is 1. The molecule has 0 bridgehead atoms. The minimum absolute atomic E-state index is 0.127. The summed E-state index contributed by atoms with van der Waals surface area (Å²) in [6.07, 6.45) is 1.75. The van der Waals surface area contributed by atoms with Crippen molar-refractivity contribution in [2.24, 2.45) is 0 Å². The summed E-state index contributed by atoms with van der Waals surface area (Å²) in [6, 6.07) is 21.5. The normalized spacial score (nSPS) is 10.7. The third-order valence-electron chi connectivity index (χ3n) is 3.99. The van der Waals surface area contributed by atoms with E-state index in [0.717, 1.165) is 16.7 Å². The van der Waals surface area contributed by atoms with Gasteiger partial charge in [-0.05, 0) is 48.5 Å². The number of rotatable bonds is 3. The highest BCUT2D eigenvalue weighted by molar-refractivity contribution is 6.05. The Morgan fingerprint density at radius 1 is 0.920 bits per heavy atom. The van der Waals surface area contributed by atoms with Gasteiger partial charge in [-0.3, -0.25) is 9.36 Å². The molecule has 0 saturated carbocycles. The molecule has 122 valence electrons. The van der Waals surface area contributed by atoms with Crippen LogP contribution in [-0.4, -0.2) is 20.6 Å². The number of fused-ring (bicyclic) bond motifs is 1. The molecule has 0 unspecified atom stereocenters. The molecule has 0 aliphatic rings. The molecule has 0 radical (unpaired) electrons. The van der Waals surface area contributed by atoms with Crippen LogP contribution >= 0.6 is 0 Å². The maximum Gasteiger partial charge on any atom is 0.255 e. The van der Waals surface area contributed by atoms with E-state index in [1.807, 2.05) is 53.1 Å². The minimum atomic E-state index is -0.239. The monoisotopic (exact) mass is 329 g/mol. The quantitative estimate of drug-likeness (QED) is 0.597. The average molecular weight is 329 g/mol. The Kier molecular flexibility index (Phi) is 3.67. The summed E-state index contributed by atoms with van der Waals surface area (Å²) < 4.78 is 1.95. The number of hydrogen-bond donors (Lipinski definition) is 2. The third kappa shape index (κ3) is 2.83. The maximum absolute atomic E-state index is 12.5. The van der Waals surface area contributed by atoms with Gasteiger partial charge < -0.3 is 10.4 Å². The SMILES string of the molecule is O=C(Nc1ccccc1-n1cnc2ccccc21)c1ccc(O)cc1. The predicted molar refractivity (Wildman–Crippen MR) is 97.1 cm³/mol. The van der Waals surface area contributed by atoms with Crippen LogP contribution in [0.3, 0.4) is 0 Å². The molecule has 1 amide bonds. The molecule has 5 nitrogen and oxygen atoms in total. The van der Waals surface area contributed by atoms with Gasteiger partial charge in [-0.2, -0.15) is 0 Å². The number of benzene rings is 3. The third-order valence-corrected chi connectivity index (χ3v) is 3.99. The summed E-state index contributed by atoms with van der Waals surface area (Å²) in [5.74, 6) is -0.112. The van der Waals surface area contributed by atoms with Crippen LogP contribution in [0, 0.1) is 0 Å². The van der Waals surface area contributed by atoms with Crippen molar-refractivity contribution in [3.05, 3.63) is 84.7 Å². The summed E-state index contributed by atoms with van der Waals surface area (Å²) in [5.41, 5.74) is 3.85. The molecule has 0 atom stereocenters. The van der Waals surface area contributed by atoms with E-state index in [-0.39, 0.29) is 11.7 Å². The Morgan fingerprint density at radius 3 is 2.48 bits per heavy atom. The standard InChI is InChI=1S/C20H15N3O2/c24-15-11-9-14(10-12-15)20(25)22-17-6-2-4-8-19(17)23-13-21-16-5-1-3-7-18(16)23/h1-13,24H,(H,22,25). The number of phenols is 1. The van der Waals surface area contributed by atoms with E-state index in [9.17, 15) is 9.90 Å². The highest BCUT2D eigenvalue weighted by atomic mass is 16.3. The zero-order chi connectivity index (χ0) is 17.2. The largest absolute Gasteiger partial charge is 0.508 e. The number of aromatic hydroxyl groups is 1. The highest BCUT2D eigenvalue weighted by Gasteiger charge is 2.12. The van der Waals surface area contributed by atoms with Gasteiger partial charge in [0.25, 0.3) is 5.91 Å². The van der Waals surface area contributed by atoms with Crippen molar-refractivity contribution < 1.29 is 9.90 Å². The lowest BCUT2D eigenvalue weighted by molar-refractivity contribution is 0.102. The van der Waals surface area contributed by atoms with Crippen LogP contribution < -0.4 is 5.32 Å². The summed E-state index contributed by atoms with van der Waals surface area (Å²) in [7, 11) is 0. The smallest absolute Gasteiger partial charge is 0.255 e. The Bertz CT molecular complexity index is 1050. The fourth-order valence-electron chi connectivity index (χ4n) is 2.75. The first-order chi connectivity index (χ1) is 12.2. The number of hydrogen-bond acceptors (Lipinski definition) is 3. The lowest BCUT2D eigenvalue weighted by Gasteiger charge is -2.12. The van der Waals surface area contributed by atoms with Gasteiger partial charge in [-0.15, -0.1) is 0 Å². The number of para-hydroxylation sites is 4. The van der Waals surface area contributed by atoms with Gasteiger partial charge in [0.05, 0.1) is 22.4 Å². The van der Waals surface area contributed by atoms with Gasteiger partial charge in [0, 0.05) is 5.56 Å². The number of amides is 1. The molecular formula is C20H15N3O2. The fourth-order valence-corrected chi connectivity index (χ4v) is 2.75. The molecule has 1 aromatic heterocycles. The number of aromatic nitrogens is 2. The van der Waals surface area contributed by atoms with Gasteiger partial charge >= 0.3 is 0 Å². The van der Waals surface area contributed by atoms with Crippen LogP contribution in [0.2, 0.25) is 0 Å². The van der Waals surface area contributed by atoms with E-state index in [2.05, 4.69) is 10.3 Å². The van der Waals surface area contributed by atoms with Crippen LogP contribution in [0.5, 0.6) is 5.75 Å². The molecule has 0 fully saturated rings. The van der Waals surface area contributed by atoms with Gasteiger partial charge in [-0.1, -0.05) is 24.3 Å². The van der Waals surface area contributed by atoms with E-state index in [0.29, 0.717) is 11.3 Å². The number of phenolic OH excluding ortho intramolecular Hbond substituents is 1. The van der Waals surface area contributed by atoms with Crippen molar-refractivity contribution in [3.63, 3.8) is 0 Å². The van der Waals surface area contributed by atoms with Gasteiger partial charge in [0.2, 0.25) is 0 Å². The first kappa shape index (κ1) is 15.0. The molecule has 0 aliphatic heterocycles. The molecule has 4 aromatic rings. The molecule has 4 rings (SSSR count). The molecule has 3 aromatic carbocycles. The second-order valence-electron chi connectivity index (χ2n) is 5.62. The Hall–Kier alpha value is -3.60. The van der Waals surface area contributed by atoms with Crippen molar-refractivity contribution in [2.75, 3.05) is 5.32 Å². The number of imidazole rings is 1. The number of carbonyl (C=O) groups is 1. The van der Waals surface area contributed by atoms with Crippen molar-refractivity contribution in [1.82, 2.24) is 9.55 Å². The molecule has 0 spiro atoms. The zero-order valence-corrected chi connectivity index (χ0v) is 13.3. The molecule has 2 N–H and O–H groups in total. The van der Waals surface area contributed by atoms with Crippen molar-refractivity contribution in [1.29, 1.82) is 0 Å². The summed E-state index contributed by atoms with van der Waals surface area (Å²) >= 11 is 0. The molecule has 0 aliphatic carbocycles. The maximum atomic E-state index is 12.5. The summed E-state index contributed by atoms with van der Waals surface area (Å²) in [6.45, 7) is 0. The summed E-state index contributed by atoms with van der Waals surface area (Å²) in [4.78, 5) is 16.9. The zero-order valence-electron chi connectivity index (χ0n) is 13.3. The van der Waals surface area contributed by atoms with Gasteiger partial charge in [0.1, 0.15) is 12.1 Å². The molecule has 1 heterocycles. The second kappa shape index (κ2) is 6.13. The van der Waals surface area contributed by atoms with Crippen molar-refractivity contribution in [2.45, 2.75) is 0 Å². The fraction of sp³-hybridized carbons (Fsp3) is 0. The van der Waals surface area contributed by atoms with Crippen LogP contribution in [0.25, 0.3) is 16.7 Å². The van der Waals surface area contributed by atoms with Crippen LogP contribution in [0.15, 0.2) is 79.1 Å². The first-order valence-electron chi connectivity index (χ1n) is 7.84. The van der Waals surface area contributed by atoms with Crippen LogP contribution in [0.1, 0.15) is 10.4 Å². The molecular weight excluding hydrogens is 314 g/mol. The lowest BCUT2D eigenvalue weighted by atomic mass is 10.2. The van der Waals surface area contributed by atoms with Crippen LogP contribution in [0.4, 0.5) is 5.69 Å².